The van der Waals surface area contributed by atoms with Crippen molar-refractivity contribution in [2.75, 3.05) is 6.61 Å². The average Bonchev–Trinajstić information content (AvgIpc) is 2.95. The van der Waals surface area contributed by atoms with E-state index < -0.39 is 12.4 Å². The Morgan fingerprint density at radius 2 is 1.86 bits per heavy atom. The average molecular weight is 403 g/mol. The molecule has 0 aromatic carbocycles. The standard InChI is InChI=1S/C22H27F2N3O2/c1-3-29-18(28)11-27-21-19(12(2)26-27)16(20(23)24)7-17(25-21)22-8-13-4-14(9-22)6-15(5-13)10-22/h7,13-15,20H,3-6,8-11H2,1-2H3. The van der Waals surface area contributed by atoms with Gasteiger partial charge in [0.2, 0.25) is 0 Å². The number of esters is 1. The normalized spacial score (nSPS) is 30.4. The number of aryl methyl sites for hydroxylation is 1. The molecule has 0 radical (unpaired) electrons. The summed E-state index contributed by atoms with van der Waals surface area (Å²) >= 11 is 0. The molecule has 0 unspecified atom stereocenters. The zero-order valence-electron chi connectivity index (χ0n) is 17.0. The predicted molar refractivity (Wildman–Crippen MR) is 104 cm³/mol. The maximum absolute atomic E-state index is 14.1. The number of nitrogens with zero attached hydrogens (tertiary/aromatic N) is 3. The molecule has 4 aliphatic carbocycles. The molecule has 2 aromatic heterocycles. The monoisotopic (exact) mass is 403 g/mol. The molecule has 7 heteroatoms. The Hall–Kier alpha value is -2.05. The third kappa shape index (κ3) is 3.04. The molecule has 0 atom stereocenters. The number of pyridine rings is 1. The largest absolute Gasteiger partial charge is 0.465 e. The van der Waals surface area contributed by atoms with Crippen molar-refractivity contribution < 1.29 is 18.3 Å². The van der Waals surface area contributed by atoms with E-state index in [1.807, 2.05) is 0 Å². The second-order valence-corrected chi connectivity index (χ2v) is 9.34. The van der Waals surface area contributed by atoms with E-state index in [1.165, 1.54) is 23.9 Å². The van der Waals surface area contributed by atoms with Gasteiger partial charge in [-0.15, -0.1) is 0 Å². The van der Waals surface area contributed by atoms with Gasteiger partial charge in [0.15, 0.2) is 5.65 Å². The van der Waals surface area contributed by atoms with Crippen LogP contribution in [0.1, 0.15) is 68.8 Å². The van der Waals surface area contributed by atoms with Gasteiger partial charge in [0.25, 0.3) is 6.43 Å². The van der Waals surface area contributed by atoms with E-state index in [0.717, 1.165) is 25.0 Å². The third-order valence-corrected chi connectivity index (χ3v) is 7.31. The molecule has 29 heavy (non-hydrogen) atoms. The highest BCUT2D eigenvalue weighted by Crippen LogP contribution is 2.60. The predicted octanol–water partition coefficient (Wildman–Crippen LogP) is 4.71. The van der Waals surface area contributed by atoms with Gasteiger partial charge in [-0.25, -0.2) is 18.4 Å². The molecule has 5 nitrogen and oxygen atoms in total. The quantitative estimate of drug-likeness (QED) is 0.679. The van der Waals surface area contributed by atoms with Crippen LogP contribution in [0.15, 0.2) is 6.07 Å². The summed E-state index contributed by atoms with van der Waals surface area (Å²) in [6, 6.07) is 1.64. The van der Waals surface area contributed by atoms with Crippen LogP contribution in [0.3, 0.4) is 0 Å². The number of alkyl halides is 2. The summed E-state index contributed by atoms with van der Waals surface area (Å²) in [5.41, 5.74) is 1.54. The number of ether oxygens (including phenoxy) is 1. The summed E-state index contributed by atoms with van der Waals surface area (Å²) in [5.74, 6) is 1.65. The first kappa shape index (κ1) is 18.9. The molecular formula is C22H27F2N3O2. The Balaban J connectivity index is 1.64. The van der Waals surface area contributed by atoms with Crippen molar-refractivity contribution in [3.63, 3.8) is 0 Å². The third-order valence-electron chi connectivity index (χ3n) is 7.31. The highest BCUT2D eigenvalue weighted by atomic mass is 19.3. The Kier molecular flexibility index (Phi) is 4.40. The van der Waals surface area contributed by atoms with E-state index >= 15 is 0 Å². The van der Waals surface area contributed by atoms with Crippen LogP contribution in [0.2, 0.25) is 0 Å². The van der Waals surface area contributed by atoms with Gasteiger partial charge >= 0.3 is 5.97 Å². The molecule has 4 aliphatic rings. The molecule has 0 spiro atoms. The summed E-state index contributed by atoms with van der Waals surface area (Å²) in [4.78, 5) is 16.9. The molecule has 156 valence electrons. The van der Waals surface area contributed by atoms with Crippen molar-refractivity contribution in [2.45, 2.75) is 70.8 Å². The summed E-state index contributed by atoms with van der Waals surface area (Å²) in [5, 5.41) is 4.74. The van der Waals surface area contributed by atoms with Gasteiger partial charge in [0.1, 0.15) is 6.54 Å². The van der Waals surface area contributed by atoms with E-state index in [4.69, 9.17) is 9.72 Å². The number of hydrogen-bond donors (Lipinski definition) is 0. The first-order valence-electron chi connectivity index (χ1n) is 10.7. The second-order valence-electron chi connectivity index (χ2n) is 9.34. The number of rotatable bonds is 5. The summed E-state index contributed by atoms with van der Waals surface area (Å²) in [6.07, 6.45) is 4.38. The van der Waals surface area contributed by atoms with E-state index in [9.17, 15) is 13.6 Å². The highest BCUT2D eigenvalue weighted by molar-refractivity contribution is 5.84. The second kappa shape index (κ2) is 6.74. The summed E-state index contributed by atoms with van der Waals surface area (Å²) in [7, 11) is 0. The fraction of sp³-hybridized carbons (Fsp3) is 0.682. The van der Waals surface area contributed by atoms with Crippen LogP contribution in [0, 0.1) is 24.7 Å². The number of aromatic nitrogens is 3. The number of carbonyl (C=O) groups excluding carboxylic acids is 1. The molecule has 0 saturated heterocycles. The zero-order valence-corrected chi connectivity index (χ0v) is 17.0. The van der Waals surface area contributed by atoms with Gasteiger partial charge in [-0.2, -0.15) is 5.10 Å². The van der Waals surface area contributed by atoms with Gasteiger partial charge in [0.05, 0.1) is 17.7 Å². The Bertz CT molecular complexity index is 933. The fourth-order valence-electron chi connectivity index (χ4n) is 6.69. The van der Waals surface area contributed by atoms with Crippen LogP contribution in [0.25, 0.3) is 11.0 Å². The molecule has 0 aliphatic heterocycles. The van der Waals surface area contributed by atoms with Gasteiger partial charge in [-0.1, -0.05) is 0 Å². The molecule has 0 amide bonds. The van der Waals surface area contributed by atoms with Crippen LogP contribution in [0.5, 0.6) is 0 Å². The number of carbonyl (C=O) groups is 1. The van der Waals surface area contributed by atoms with Crippen molar-refractivity contribution in [3.05, 3.63) is 23.0 Å². The molecule has 4 saturated carbocycles. The molecule has 0 N–H and O–H groups in total. The molecule has 4 bridgehead atoms. The van der Waals surface area contributed by atoms with Gasteiger partial charge in [-0.05, 0) is 76.2 Å². The molecule has 2 aromatic rings. The summed E-state index contributed by atoms with van der Waals surface area (Å²) in [6.45, 7) is 3.59. The Morgan fingerprint density at radius 1 is 1.24 bits per heavy atom. The number of fused-ring (bicyclic) bond motifs is 1. The van der Waals surface area contributed by atoms with Gasteiger partial charge < -0.3 is 4.74 Å². The van der Waals surface area contributed by atoms with Crippen LogP contribution >= 0.6 is 0 Å². The number of halogens is 2. The van der Waals surface area contributed by atoms with E-state index in [1.54, 1.807) is 19.9 Å². The highest BCUT2D eigenvalue weighted by Gasteiger charge is 2.52. The lowest BCUT2D eigenvalue weighted by Gasteiger charge is -2.56. The van der Waals surface area contributed by atoms with Crippen LogP contribution in [0.4, 0.5) is 8.78 Å². The Morgan fingerprint density at radius 3 is 2.41 bits per heavy atom. The van der Waals surface area contributed by atoms with Gasteiger partial charge in [0, 0.05) is 16.7 Å². The number of hydrogen-bond acceptors (Lipinski definition) is 4. The van der Waals surface area contributed by atoms with Crippen LogP contribution in [-0.2, 0) is 21.5 Å². The smallest absolute Gasteiger partial charge is 0.327 e. The summed E-state index contributed by atoms with van der Waals surface area (Å²) < 4.78 is 34.6. The lowest BCUT2D eigenvalue weighted by Crippen LogP contribution is -2.49. The zero-order chi connectivity index (χ0) is 20.3. The minimum Gasteiger partial charge on any atom is -0.465 e. The first-order chi connectivity index (χ1) is 13.9. The SMILES string of the molecule is CCOC(=O)Cn1nc(C)c2c(C(F)F)cc(C34CC5CC(CC(C5)C3)C4)nc21. The van der Waals surface area contributed by atoms with Crippen LogP contribution < -0.4 is 0 Å². The molecule has 2 heterocycles. The Labute approximate surface area is 168 Å². The minimum absolute atomic E-state index is 0.00615. The maximum atomic E-state index is 14.1. The van der Waals surface area contributed by atoms with Crippen molar-refractivity contribution in [2.24, 2.45) is 17.8 Å². The van der Waals surface area contributed by atoms with E-state index in [2.05, 4.69) is 5.10 Å². The minimum atomic E-state index is -2.60. The fourth-order valence-corrected chi connectivity index (χ4v) is 6.69. The lowest BCUT2D eigenvalue weighted by molar-refractivity contribution is -0.143. The van der Waals surface area contributed by atoms with E-state index in [0.29, 0.717) is 34.5 Å². The molecular weight excluding hydrogens is 376 g/mol. The van der Waals surface area contributed by atoms with Crippen molar-refractivity contribution >= 4 is 17.0 Å². The van der Waals surface area contributed by atoms with Crippen molar-refractivity contribution in [1.82, 2.24) is 14.8 Å². The van der Waals surface area contributed by atoms with Crippen LogP contribution in [-0.4, -0.2) is 27.3 Å². The topological polar surface area (TPSA) is 57.0 Å². The van der Waals surface area contributed by atoms with E-state index in [-0.39, 0.29) is 24.1 Å². The maximum Gasteiger partial charge on any atom is 0.327 e. The lowest BCUT2D eigenvalue weighted by atomic mass is 9.48. The van der Waals surface area contributed by atoms with Crippen molar-refractivity contribution in [1.29, 1.82) is 0 Å². The first-order valence-corrected chi connectivity index (χ1v) is 10.7. The molecule has 4 fully saturated rings. The van der Waals surface area contributed by atoms with Crippen molar-refractivity contribution in [3.8, 4) is 0 Å². The van der Waals surface area contributed by atoms with Gasteiger partial charge in [-0.3, -0.25) is 4.79 Å². The molecule has 6 rings (SSSR count).